The van der Waals surface area contributed by atoms with Crippen molar-refractivity contribution in [3.05, 3.63) is 211 Å². The zero-order valence-electron chi connectivity index (χ0n) is 34.2. The molecule has 9 aromatic carbocycles. The van der Waals surface area contributed by atoms with Gasteiger partial charge in [0.2, 0.25) is 0 Å². The third-order valence-electron chi connectivity index (χ3n) is 13.6. The highest BCUT2D eigenvalue weighted by atomic mass is 32.1. The molecule has 1 atom stereocenters. The molecule has 2 aliphatic heterocycles. The Balaban J connectivity index is 1.04. The van der Waals surface area contributed by atoms with Crippen LogP contribution in [0.15, 0.2) is 200 Å². The van der Waals surface area contributed by atoms with Crippen LogP contribution in [0.25, 0.3) is 42.4 Å². The van der Waals surface area contributed by atoms with Crippen molar-refractivity contribution in [2.24, 2.45) is 0 Å². The Bertz CT molecular complexity index is 3460. The van der Waals surface area contributed by atoms with E-state index in [1.165, 1.54) is 68.7 Å². The van der Waals surface area contributed by atoms with Gasteiger partial charge in [0.1, 0.15) is 0 Å². The van der Waals surface area contributed by atoms with Crippen LogP contribution in [-0.2, 0) is 5.41 Å². The summed E-state index contributed by atoms with van der Waals surface area (Å²) in [6.07, 6.45) is 0. The normalized spacial score (nSPS) is 16.0. The van der Waals surface area contributed by atoms with Crippen LogP contribution < -0.4 is 35.1 Å². The summed E-state index contributed by atoms with van der Waals surface area (Å²) in [4.78, 5) is 2.40. The molecule has 0 fully saturated rings. The fourth-order valence-corrected chi connectivity index (χ4v) is 17.1. The van der Waals surface area contributed by atoms with E-state index in [0.29, 0.717) is 0 Å². The summed E-state index contributed by atoms with van der Waals surface area (Å²) in [7, 11) is -3.01. The van der Waals surface area contributed by atoms with E-state index in [4.69, 9.17) is 9.47 Å². The second kappa shape index (κ2) is 13.2. The molecular formula is C57H39NO2SSi. The SMILES string of the molecule is CC1(C)c2ccccc2-c2ccc([Si]3(c4ccc(N(c5ccccc5)c5ccc6c(c5)sc5ccccc56)cc4)c4ccccc4-c4c3ccc3c4Oc4ccccc4O3)cc21. The first-order valence-corrected chi connectivity index (χ1v) is 24.1. The maximum atomic E-state index is 6.88. The van der Waals surface area contributed by atoms with Gasteiger partial charge in [-0.2, -0.15) is 0 Å². The molecule has 0 bridgehead atoms. The van der Waals surface area contributed by atoms with Crippen molar-refractivity contribution in [2.45, 2.75) is 19.3 Å². The molecule has 0 saturated heterocycles. The van der Waals surface area contributed by atoms with Crippen LogP contribution in [0, 0.1) is 0 Å². The van der Waals surface area contributed by atoms with E-state index >= 15 is 0 Å². The quantitative estimate of drug-likeness (QED) is 0.161. The van der Waals surface area contributed by atoms with Crippen molar-refractivity contribution in [1.29, 1.82) is 0 Å². The average molecular weight is 830 g/mol. The lowest BCUT2D eigenvalue weighted by molar-refractivity contribution is 0.361. The average Bonchev–Trinajstić information content (AvgIpc) is 3.92. The van der Waals surface area contributed by atoms with Crippen molar-refractivity contribution >= 4 is 77.4 Å². The highest BCUT2D eigenvalue weighted by Gasteiger charge is 2.51. The van der Waals surface area contributed by atoms with Crippen LogP contribution in [0.2, 0.25) is 0 Å². The number of benzene rings is 9. The van der Waals surface area contributed by atoms with Crippen LogP contribution >= 0.6 is 11.3 Å². The monoisotopic (exact) mass is 829 g/mol. The van der Waals surface area contributed by atoms with Crippen molar-refractivity contribution in [2.75, 3.05) is 4.90 Å². The first-order valence-electron chi connectivity index (χ1n) is 21.3. The lowest BCUT2D eigenvalue weighted by Gasteiger charge is -2.34. The minimum atomic E-state index is -3.01. The van der Waals surface area contributed by atoms with E-state index in [9.17, 15) is 0 Å². The van der Waals surface area contributed by atoms with Crippen molar-refractivity contribution in [3.8, 4) is 45.3 Å². The molecule has 1 aliphatic carbocycles. The zero-order valence-corrected chi connectivity index (χ0v) is 36.0. The van der Waals surface area contributed by atoms with Gasteiger partial charge in [-0.3, -0.25) is 0 Å². The van der Waals surface area contributed by atoms with Gasteiger partial charge >= 0.3 is 0 Å². The maximum absolute atomic E-state index is 6.88. The minimum absolute atomic E-state index is 0.148. The van der Waals surface area contributed by atoms with E-state index in [0.717, 1.165) is 45.6 Å². The zero-order chi connectivity index (χ0) is 41.2. The van der Waals surface area contributed by atoms with E-state index in [-0.39, 0.29) is 5.41 Å². The highest BCUT2D eigenvalue weighted by Crippen LogP contribution is 2.52. The lowest BCUT2D eigenvalue weighted by atomic mass is 9.82. The number of thiophene rings is 1. The summed E-state index contributed by atoms with van der Waals surface area (Å²) in [6.45, 7) is 4.77. The van der Waals surface area contributed by atoms with Gasteiger partial charge in [0, 0.05) is 48.2 Å². The Morgan fingerprint density at radius 2 is 1.08 bits per heavy atom. The molecule has 3 heterocycles. The van der Waals surface area contributed by atoms with Crippen molar-refractivity contribution in [1.82, 2.24) is 0 Å². The van der Waals surface area contributed by atoms with Gasteiger partial charge in [0.05, 0.1) is 0 Å². The van der Waals surface area contributed by atoms with Crippen LogP contribution in [0.5, 0.6) is 23.0 Å². The molecule has 13 rings (SSSR count). The molecule has 0 spiro atoms. The summed E-state index contributed by atoms with van der Waals surface area (Å²) in [6, 6.07) is 73.7. The first kappa shape index (κ1) is 35.6. The Kier molecular flexibility index (Phi) is 7.55. The number of para-hydroxylation sites is 3. The number of hydrogen-bond donors (Lipinski definition) is 0. The van der Waals surface area contributed by atoms with Crippen molar-refractivity contribution in [3.63, 3.8) is 0 Å². The number of nitrogens with zero attached hydrogens (tertiary/aromatic N) is 1. The second-order valence-electron chi connectivity index (χ2n) is 17.2. The molecule has 3 nitrogen and oxygen atoms in total. The van der Waals surface area contributed by atoms with Gasteiger partial charge in [0.15, 0.2) is 31.1 Å². The summed E-state index contributed by atoms with van der Waals surface area (Å²) in [5, 5.41) is 7.97. The molecule has 294 valence electrons. The lowest BCUT2D eigenvalue weighted by Crippen LogP contribution is -2.73. The molecule has 1 unspecified atom stereocenters. The van der Waals surface area contributed by atoms with Gasteiger partial charge in [0.25, 0.3) is 0 Å². The fourth-order valence-electron chi connectivity index (χ4n) is 10.8. The predicted octanol–water partition coefficient (Wildman–Crippen LogP) is 13.1. The van der Waals surface area contributed by atoms with Crippen LogP contribution in [0.4, 0.5) is 17.1 Å². The fraction of sp³-hybridized carbons (Fsp3) is 0.0526. The predicted molar refractivity (Wildman–Crippen MR) is 261 cm³/mol. The number of ether oxygens (including phenoxy) is 2. The van der Waals surface area contributed by atoms with Gasteiger partial charge in [-0.25, -0.2) is 0 Å². The summed E-state index contributed by atoms with van der Waals surface area (Å²) in [5.74, 6) is 3.01. The van der Waals surface area contributed by atoms with E-state index < -0.39 is 8.07 Å². The molecule has 0 radical (unpaired) electrons. The molecule has 1 aromatic heterocycles. The van der Waals surface area contributed by atoms with Gasteiger partial charge < -0.3 is 14.4 Å². The molecule has 3 aliphatic rings. The largest absolute Gasteiger partial charge is 0.449 e. The van der Waals surface area contributed by atoms with E-state index in [1.54, 1.807) is 0 Å². The van der Waals surface area contributed by atoms with Crippen molar-refractivity contribution < 1.29 is 9.47 Å². The molecule has 0 N–H and O–H groups in total. The Morgan fingerprint density at radius 1 is 0.435 bits per heavy atom. The highest BCUT2D eigenvalue weighted by molar-refractivity contribution is 7.26. The van der Waals surface area contributed by atoms with Gasteiger partial charge in [-0.05, 0) is 109 Å². The maximum Gasteiger partial charge on any atom is 0.181 e. The summed E-state index contributed by atoms with van der Waals surface area (Å²) < 4.78 is 16.1. The summed E-state index contributed by atoms with van der Waals surface area (Å²) in [5.41, 5.74) is 11.0. The van der Waals surface area contributed by atoms with E-state index in [1.807, 2.05) is 35.6 Å². The van der Waals surface area contributed by atoms with Gasteiger partial charge in [-0.1, -0.05) is 153 Å². The molecular weight excluding hydrogens is 791 g/mol. The molecule has 0 saturated carbocycles. The summed E-state index contributed by atoms with van der Waals surface area (Å²) >= 11 is 1.86. The molecule has 5 heteroatoms. The number of hydrogen-bond acceptors (Lipinski definition) is 4. The first-order chi connectivity index (χ1) is 30.5. The molecule has 62 heavy (non-hydrogen) atoms. The standard InChI is InChI=1S/C57H39NO2SSi/c1-57(2)46-19-9-6-16-41(46)42-31-29-40(35-47(42)57)62(53-23-13-8-18-45(53)55-54(62)33-32-50-56(55)60-49-21-11-10-20-48(49)59-50)39-27-24-37(25-28-39)58(36-14-4-3-5-15-36)38-26-30-44-43-17-7-12-22-51(43)61-52(44)34-38/h3-35H,1-2H3. The van der Waals surface area contributed by atoms with Crippen LogP contribution in [-0.4, -0.2) is 8.07 Å². The second-order valence-corrected chi connectivity index (χ2v) is 22.0. The number of anilines is 3. The molecule has 0 amide bonds. The Labute approximate surface area is 365 Å². The third kappa shape index (κ3) is 4.92. The Hall–Kier alpha value is -7.18. The number of rotatable bonds is 5. The van der Waals surface area contributed by atoms with E-state index in [2.05, 4.69) is 195 Å². The van der Waals surface area contributed by atoms with Gasteiger partial charge in [-0.15, -0.1) is 11.3 Å². The minimum Gasteiger partial charge on any atom is -0.449 e. The smallest absolute Gasteiger partial charge is 0.181 e. The van der Waals surface area contributed by atoms with Crippen LogP contribution in [0.3, 0.4) is 0 Å². The third-order valence-corrected chi connectivity index (χ3v) is 19.6. The topological polar surface area (TPSA) is 21.7 Å². The number of fused-ring (bicyclic) bond motifs is 12. The molecule has 10 aromatic rings. The Morgan fingerprint density at radius 3 is 1.94 bits per heavy atom. The van der Waals surface area contributed by atoms with Crippen LogP contribution in [0.1, 0.15) is 25.0 Å².